The van der Waals surface area contributed by atoms with E-state index >= 15 is 0 Å². The Hall–Kier alpha value is -5.40. The van der Waals surface area contributed by atoms with Gasteiger partial charge in [0.05, 0.1) is 0 Å². The van der Waals surface area contributed by atoms with Crippen LogP contribution < -0.4 is 4.90 Å². The van der Waals surface area contributed by atoms with Gasteiger partial charge in [-0.25, -0.2) is 0 Å². The Morgan fingerprint density at radius 3 is 1.65 bits per heavy atom. The van der Waals surface area contributed by atoms with Crippen molar-refractivity contribution in [3.63, 3.8) is 0 Å². The van der Waals surface area contributed by atoms with Gasteiger partial charge < -0.3 is 4.90 Å². The molecule has 11 rings (SSSR count). The summed E-state index contributed by atoms with van der Waals surface area (Å²) < 4.78 is 0. The molecule has 1 heteroatoms. The molecule has 0 N–H and O–H groups in total. The van der Waals surface area contributed by atoms with E-state index in [-0.39, 0.29) is 0 Å². The molecule has 4 aliphatic carbocycles. The summed E-state index contributed by atoms with van der Waals surface area (Å²) in [6.45, 7) is 0. The Bertz CT molecular complexity index is 2400. The normalized spacial score (nSPS) is 25.2. The second-order valence-corrected chi connectivity index (χ2v) is 16.5. The standard InChI is InChI=1S/C51H43N/c1-2-7-36(8-3-1)38-15-23-45(24-16-38)52(47-27-19-41(20-28-47)49-12-6-10-40-9-4-5-11-48(40)49)46-25-17-39(18-26-46)37-13-21-42(22-14-37)50-31-35-29-43-30-44(33-50)51(43,32-35)34-50/h1-28,35,43-44H,29-34H2. The predicted octanol–water partition coefficient (Wildman–Crippen LogP) is 13.8. The lowest BCUT2D eigenvalue weighted by molar-refractivity contribution is -0.000160. The summed E-state index contributed by atoms with van der Waals surface area (Å²) >= 11 is 0. The maximum atomic E-state index is 2.49. The number of rotatable bonds is 7. The average molecular weight is 670 g/mol. The van der Waals surface area contributed by atoms with E-state index in [9.17, 15) is 0 Å². The first-order valence-corrected chi connectivity index (χ1v) is 19.4. The maximum absolute atomic E-state index is 2.49. The third-order valence-electron chi connectivity index (χ3n) is 13.9. The van der Waals surface area contributed by atoms with E-state index in [1.165, 1.54) is 82.7 Å². The number of nitrogens with zero attached hydrogens (tertiary/aromatic N) is 1. The Labute approximate surface area is 307 Å². The van der Waals surface area contributed by atoms with Gasteiger partial charge in [-0.1, -0.05) is 133 Å². The highest BCUT2D eigenvalue weighted by Crippen LogP contribution is 2.78. The van der Waals surface area contributed by atoms with Crippen molar-refractivity contribution in [1.82, 2.24) is 0 Å². The monoisotopic (exact) mass is 669 g/mol. The fraction of sp³-hybridized carbons (Fsp3) is 0.216. The smallest absolute Gasteiger partial charge is 0.0462 e. The predicted molar refractivity (Wildman–Crippen MR) is 217 cm³/mol. The number of benzene rings is 7. The van der Waals surface area contributed by atoms with Crippen molar-refractivity contribution in [2.75, 3.05) is 4.90 Å². The summed E-state index contributed by atoms with van der Waals surface area (Å²) in [6.07, 6.45) is 8.92. The fourth-order valence-corrected chi connectivity index (χ4v) is 11.7. The van der Waals surface area contributed by atoms with Gasteiger partial charge in [-0.05, 0) is 153 Å². The highest BCUT2D eigenvalue weighted by Gasteiger charge is 2.70. The third kappa shape index (κ3) is 4.68. The van der Waals surface area contributed by atoms with Gasteiger partial charge in [0.2, 0.25) is 0 Å². The molecule has 1 nitrogen and oxygen atoms in total. The summed E-state index contributed by atoms with van der Waals surface area (Å²) in [6, 6.07) is 62.9. The molecule has 0 aromatic heterocycles. The molecule has 0 heterocycles. The van der Waals surface area contributed by atoms with Crippen molar-refractivity contribution in [1.29, 1.82) is 0 Å². The zero-order chi connectivity index (χ0) is 34.3. The second kappa shape index (κ2) is 11.6. The summed E-state index contributed by atoms with van der Waals surface area (Å²) in [4.78, 5) is 2.38. The van der Waals surface area contributed by atoms with Crippen molar-refractivity contribution >= 4 is 27.8 Å². The van der Waals surface area contributed by atoms with Crippen LogP contribution in [0.1, 0.15) is 44.1 Å². The summed E-state index contributed by atoms with van der Waals surface area (Å²) in [5, 5.41) is 2.55. The molecule has 7 aromatic rings. The highest BCUT2D eigenvalue weighted by molar-refractivity contribution is 5.97. The minimum absolute atomic E-state index is 0.445. The van der Waals surface area contributed by atoms with Gasteiger partial charge in [-0.3, -0.25) is 0 Å². The minimum atomic E-state index is 0.445. The number of fused-ring (bicyclic) bond motifs is 3. The lowest BCUT2D eigenvalue weighted by Crippen LogP contribution is -2.42. The van der Waals surface area contributed by atoms with Gasteiger partial charge in [-0.15, -0.1) is 0 Å². The van der Waals surface area contributed by atoms with E-state index in [1.807, 2.05) is 0 Å². The van der Waals surface area contributed by atoms with Crippen molar-refractivity contribution in [3.05, 3.63) is 175 Å². The Balaban J connectivity index is 0.916. The van der Waals surface area contributed by atoms with Crippen LogP contribution in [0.25, 0.3) is 44.2 Å². The topological polar surface area (TPSA) is 3.24 Å². The minimum Gasteiger partial charge on any atom is -0.311 e. The van der Waals surface area contributed by atoms with Gasteiger partial charge in [0.1, 0.15) is 0 Å². The van der Waals surface area contributed by atoms with E-state index in [1.54, 1.807) is 5.56 Å². The van der Waals surface area contributed by atoms with E-state index in [0.29, 0.717) is 5.41 Å². The second-order valence-electron chi connectivity index (χ2n) is 16.5. The molecule has 7 aromatic carbocycles. The van der Waals surface area contributed by atoms with E-state index in [0.717, 1.165) is 40.2 Å². The highest BCUT2D eigenvalue weighted by atomic mass is 15.1. The fourth-order valence-electron chi connectivity index (χ4n) is 11.7. The first-order valence-electron chi connectivity index (χ1n) is 19.4. The van der Waals surface area contributed by atoms with Crippen molar-refractivity contribution in [2.24, 2.45) is 23.2 Å². The lowest BCUT2D eigenvalue weighted by atomic mass is 9.55. The molecular weight excluding hydrogens is 627 g/mol. The molecule has 252 valence electrons. The van der Waals surface area contributed by atoms with E-state index in [4.69, 9.17) is 0 Å². The SMILES string of the molecule is c1ccc(-c2ccc(N(c3ccc(-c4ccc(C56CC7CC8CC(C5)C8(C7)C6)cc4)cc3)c3ccc(-c4cccc5ccccc45)cc3)cc2)cc1. The van der Waals surface area contributed by atoms with Gasteiger partial charge in [0, 0.05) is 17.1 Å². The van der Waals surface area contributed by atoms with Crippen LogP contribution in [0.15, 0.2) is 170 Å². The maximum Gasteiger partial charge on any atom is 0.0462 e. The molecule has 4 aliphatic rings. The molecule has 0 saturated heterocycles. The molecule has 0 radical (unpaired) electrons. The Morgan fingerprint density at radius 2 is 0.981 bits per heavy atom. The Morgan fingerprint density at radius 1 is 0.423 bits per heavy atom. The third-order valence-corrected chi connectivity index (χ3v) is 13.9. The first-order chi connectivity index (χ1) is 25.6. The summed E-state index contributed by atoms with van der Waals surface area (Å²) in [7, 11) is 0. The van der Waals surface area contributed by atoms with Gasteiger partial charge in [-0.2, -0.15) is 0 Å². The lowest BCUT2D eigenvalue weighted by Gasteiger charge is -2.49. The van der Waals surface area contributed by atoms with E-state index in [2.05, 4.69) is 175 Å². The molecule has 4 saturated carbocycles. The van der Waals surface area contributed by atoms with Gasteiger partial charge in [0.15, 0.2) is 0 Å². The van der Waals surface area contributed by atoms with Crippen LogP contribution in [0.4, 0.5) is 17.1 Å². The molecular formula is C51H43N. The Kier molecular flexibility index (Phi) is 6.72. The van der Waals surface area contributed by atoms with Crippen LogP contribution in [0.3, 0.4) is 0 Å². The van der Waals surface area contributed by atoms with Gasteiger partial charge >= 0.3 is 0 Å². The van der Waals surface area contributed by atoms with Crippen molar-refractivity contribution < 1.29 is 0 Å². The molecule has 0 aliphatic heterocycles. The molecule has 52 heavy (non-hydrogen) atoms. The molecule has 5 atom stereocenters. The zero-order valence-electron chi connectivity index (χ0n) is 29.6. The average Bonchev–Trinajstić information content (AvgIpc) is 3.53. The van der Waals surface area contributed by atoms with Crippen LogP contribution in [-0.2, 0) is 5.41 Å². The molecule has 1 spiro atoms. The van der Waals surface area contributed by atoms with Crippen LogP contribution in [-0.4, -0.2) is 0 Å². The van der Waals surface area contributed by atoms with Crippen molar-refractivity contribution in [2.45, 2.75) is 43.9 Å². The van der Waals surface area contributed by atoms with Crippen LogP contribution in [0.2, 0.25) is 0 Å². The molecule has 0 amide bonds. The number of hydrogen-bond acceptors (Lipinski definition) is 1. The number of hydrogen-bond donors (Lipinski definition) is 0. The van der Waals surface area contributed by atoms with Crippen LogP contribution >= 0.6 is 0 Å². The molecule has 5 unspecified atom stereocenters. The van der Waals surface area contributed by atoms with Gasteiger partial charge in [0.25, 0.3) is 0 Å². The van der Waals surface area contributed by atoms with Crippen LogP contribution in [0, 0.1) is 23.2 Å². The largest absolute Gasteiger partial charge is 0.311 e. The number of anilines is 3. The summed E-state index contributed by atoms with van der Waals surface area (Å²) in [5.41, 5.74) is 13.7. The zero-order valence-corrected chi connectivity index (χ0v) is 29.6. The quantitative estimate of drug-likeness (QED) is 0.163. The molecule has 4 fully saturated rings. The molecule has 3 bridgehead atoms. The summed E-state index contributed by atoms with van der Waals surface area (Å²) in [5.74, 6) is 3.03. The van der Waals surface area contributed by atoms with Crippen LogP contribution in [0.5, 0.6) is 0 Å². The van der Waals surface area contributed by atoms with E-state index < -0.39 is 0 Å². The first kappa shape index (κ1) is 30.2. The van der Waals surface area contributed by atoms with Crippen molar-refractivity contribution in [3.8, 4) is 33.4 Å².